The first-order valence-corrected chi connectivity index (χ1v) is 9.21. The van der Waals surface area contributed by atoms with Gasteiger partial charge in [0.15, 0.2) is 0 Å². The second-order valence-electron chi connectivity index (χ2n) is 7.74. The Labute approximate surface area is 164 Å². The summed E-state index contributed by atoms with van der Waals surface area (Å²) in [6, 6.07) is 13.0. The van der Waals surface area contributed by atoms with Gasteiger partial charge in [-0.15, -0.1) is 0 Å². The zero-order valence-corrected chi connectivity index (χ0v) is 16.7. The van der Waals surface area contributed by atoms with Crippen LogP contribution in [0, 0.1) is 6.92 Å². The SMILES string of the molecule is Cc1cc(CNC(=O)c2ccc3cccc(C(C)(C)C)c3n2)c(Cl)cc1O. The van der Waals surface area contributed by atoms with Crippen molar-refractivity contribution in [2.75, 3.05) is 0 Å². The number of pyridine rings is 1. The second kappa shape index (κ2) is 7.20. The largest absolute Gasteiger partial charge is 0.508 e. The summed E-state index contributed by atoms with van der Waals surface area (Å²) in [7, 11) is 0. The summed E-state index contributed by atoms with van der Waals surface area (Å²) in [6.07, 6.45) is 0. The number of aromatic hydroxyl groups is 1. The minimum absolute atomic E-state index is 0.0707. The molecule has 4 nitrogen and oxygen atoms in total. The van der Waals surface area contributed by atoms with Crippen molar-refractivity contribution in [3.8, 4) is 5.75 Å². The van der Waals surface area contributed by atoms with Gasteiger partial charge < -0.3 is 10.4 Å². The van der Waals surface area contributed by atoms with E-state index in [0.29, 0.717) is 16.3 Å². The molecule has 0 atom stereocenters. The summed E-state index contributed by atoms with van der Waals surface area (Å²) >= 11 is 6.15. The van der Waals surface area contributed by atoms with Crippen LogP contribution in [0.4, 0.5) is 0 Å². The predicted molar refractivity (Wildman–Crippen MR) is 109 cm³/mol. The lowest BCUT2D eigenvalue weighted by Crippen LogP contribution is -2.24. The lowest BCUT2D eigenvalue weighted by Gasteiger charge is -2.20. The van der Waals surface area contributed by atoms with Gasteiger partial charge in [0.05, 0.1) is 5.52 Å². The molecule has 1 amide bonds. The van der Waals surface area contributed by atoms with Gasteiger partial charge in [0.1, 0.15) is 11.4 Å². The Hall–Kier alpha value is -2.59. The Kier molecular flexibility index (Phi) is 5.11. The monoisotopic (exact) mass is 382 g/mol. The fourth-order valence-electron chi connectivity index (χ4n) is 3.01. The Morgan fingerprint density at radius 1 is 1.19 bits per heavy atom. The molecule has 0 fully saturated rings. The molecule has 27 heavy (non-hydrogen) atoms. The summed E-state index contributed by atoms with van der Waals surface area (Å²) in [4.78, 5) is 17.2. The summed E-state index contributed by atoms with van der Waals surface area (Å²) in [5.74, 6) is -0.122. The van der Waals surface area contributed by atoms with Gasteiger partial charge in [0.25, 0.3) is 5.91 Å². The summed E-state index contributed by atoms with van der Waals surface area (Å²) < 4.78 is 0. The molecule has 140 valence electrons. The number of carbonyl (C=O) groups excluding carboxylic acids is 1. The second-order valence-corrected chi connectivity index (χ2v) is 8.14. The summed E-state index contributed by atoms with van der Waals surface area (Å²) in [5.41, 5.74) is 3.70. The molecule has 0 aliphatic heterocycles. The maximum atomic E-state index is 12.6. The number of amides is 1. The number of halogens is 1. The van der Waals surface area contributed by atoms with Crippen molar-refractivity contribution in [2.24, 2.45) is 0 Å². The molecule has 0 bridgehead atoms. The molecular weight excluding hydrogens is 360 g/mol. The first-order valence-electron chi connectivity index (χ1n) is 8.83. The number of para-hydroxylation sites is 1. The summed E-state index contributed by atoms with van der Waals surface area (Å²) in [6.45, 7) is 8.44. The highest BCUT2D eigenvalue weighted by molar-refractivity contribution is 6.31. The number of nitrogens with zero attached hydrogens (tertiary/aromatic N) is 1. The number of phenols is 1. The molecule has 0 radical (unpaired) electrons. The van der Waals surface area contributed by atoms with Crippen molar-refractivity contribution in [3.05, 3.63) is 69.9 Å². The van der Waals surface area contributed by atoms with E-state index >= 15 is 0 Å². The highest BCUT2D eigenvalue weighted by Gasteiger charge is 2.19. The van der Waals surface area contributed by atoms with Gasteiger partial charge in [-0.1, -0.05) is 56.6 Å². The standard InChI is InChI=1S/C22H23ClN2O2/c1-13-10-15(17(23)11-19(13)26)12-24-21(27)18-9-8-14-6-5-7-16(20(14)25-18)22(2,3)4/h5-11,26H,12H2,1-4H3,(H,24,27). The van der Waals surface area contributed by atoms with Gasteiger partial charge in [-0.3, -0.25) is 4.79 Å². The molecule has 3 rings (SSSR count). The quantitative estimate of drug-likeness (QED) is 0.660. The molecule has 0 saturated heterocycles. The third kappa shape index (κ3) is 4.06. The molecule has 1 heterocycles. The molecule has 0 unspecified atom stereocenters. The van der Waals surface area contributed by atoms with Gasteiger partial charge in [-0.25, -0.2) is 4.98 Å². The fourth-order valence-corrected chi connectivity index (χ4v) is 3.24. The average Bonchev–Trinajstić information content (AvgIpc) is 2.61. The van der Waals surface area contributed by atoms with Crippen LogP contribution in [0.2, 0.25) is 5.02 Å². The van der Waals surface area contributed by atoms with Crippen LogP contribution >= 0.6 is 11.6 Å². The van der Waals surface area contributed by atoms with Gasteiger partial charge in [0, 0.05) is 17.0 Å². The van der Waals surface area contributed by atoms with Crippen LogP contribution in [-0.4, -0.2) is 16.0 Å². The van der Waals surface area contributed by atoms with E-state index in [1.54, 1.807) is 19.1 Å². The molecule has 0 aliphatic carbocycles. The van der Waals surface area contributed by atoms with E-state index in [1.807, 2.05) is 18.2 Å². The number of aromatic nitrogens is 1. The van der Waals surface area contributed by atoms with E-state index in [1.165, 1.54) is 6.07 Å². The number of nitrogens with one attached hydrogen (secondary N) is 1. The van der Waals surface area contributed by atoms with E-state index in [9.17, 15) is 9.90 Å². The minimum Gasteiger partial charge on any atom is -0.508 e. The molecule has 2 aromatic carbocycles. The maximum absolute atomic E-state index is 12.6. The number of phenolic OH excluding ortho intramolecular Hbond substituents is 1. The zero-order chi connectivity index (χ0) is 19.8. The van der Waals surface area contributed by atoms with E-state index in [-0.39, 0.29) is 23.6 Å². The number of rotatable bonds is 3. The third-order valence-corrected chi connectivity index (χ3v) is 4.92. The Morgan fingerprint density at radius 2 is 1.93 bits per heavy atom. The van der Waals surface area contributed by atoms with Crippen LogP contribution in [0.25, 0.3) is 10.9 Å². The lowest BCUT2D eigenvalue weighted by atomic mass is 9.85. The molecule has 5 heteroatoms. The lowest BCUT2D eigenvalue weighted by molar-refractivity contribution is 0.0946. The van der Waals surface area contributed by atoms with Crippen molar-refractivity contribution in [2.45, 2.75) is 39.7 Å². The molecular formula is C22H23ClN2O2. The number of hydrogen-bond acceptors (Lipinski definition) is 3. The molecule has 0 spiro atoms. The Morgan fingerprint density at radius 3 is 2.63 bits per heavy atom. The van der Waals surface area contributed by atoms with Gasteiger partial charge in [-0.2, -0.15) is 0 Å². The Bertz CT molecular complexity index is 1020. The van der Waals surface area contributed by atoms with Gasteiger partial charge in [0.2, 0.25) is 0 Å². The molecule has 3 aromatic rings. The highest BCUT2D eigenvalue weighted by Crippen LogP contribution is 2.29. The topological polar surface area (TPSA) is 62.2 Å². The first kappa shape index (κ1) is 19.2. The van der Waals surface area contributed by atoms with Crippen LogP contribution in [0.15, 0.2) is 42.5 Å². The van der Waals surface area contributed by atoms with E-state index in [0.717, 1.165) is 22.0 Å². The fraction of sp³-hybridized carbons (Fsp3) is 0.273. The predicted octanol–water partition coefficient (Wildman–Crippen LogP) is 5.13. The van der Waals surface area contributed by atoms with Crippen molar-refractivity contribution < 1.29 is 9.90 Å². The van der Waals surface area contributed by atoms with Crippen LogP contribution in [0.5, 0.6) is 5.75 Å². The van der Waals surface area contributed by atoms with Gasteiger partial charge >= 0.3 is 0 Å². The van der Waals surface area contributed by atoms with Crippen molar-refractivity contribution in [3.63, 3.8) is 0 Å². The number of benzene rings is 2. The average molecular weight is 383 g/mol. The number of aryl methyl sites for hydroxylation is 1. The van der Waals surface area contributed by atoms with Crippen molar-refractivity contribution in [1.82, 2.24) is 10.3 Å². The maximum Gasteiger partial charge on any atom is 0.270 e. The molecule has 0 saturated carbocycles. The minimum atomic E-state index is -0.262. The number of fused-ring (bicyclic) bond motifs is 1. The number of hydrogen-bond donors (Lipinski definition) is 2. The zero-order valence-electron chi connectivity index (χ0n) is 15.9. The van der Waals surface area contributed by atoms with Crippen molar-refractivity contribution >= 4 is 28.4 Å². The van der Waals surface area contributed by atoms with Crippen LogP contribution in [0.1, 0.15) is 48.0 Å². The normalized spacial score (nSPS) is 11.6. The third-order valence-electron chi connectivity index (χ3n) is 4.57. The molecule has 1 aromatic heterocycles. The van der Waals surface area contributed by atoms with Crippen LogP contribution in [0.3, 0.4) is 0 Å². The molecule has 0 aliphatic rings. The van der Waals surface area contributed by atoms with Crippen molar-refractivity contribution in [1.29, 1.82) is 0 Å². The van der Waals surface area contributed by atoms with Crippen LogP contribution < -0.4 is 5.32 Å². The summed E-state index contributed by atoms with van der Waals surface area (Å²) in [5, 5.41) is 14.0. The van der Waals surface area contributed by atoms with E-state index in [4.69, 9.17) is 11.6 Å². The van der Waals surface area contributed by atoms with Crippen LogP contribution in [-0.2, 0) is 12.0 Å². The Balaban J connectivity index is 1.87. The highest BCUT2D eigenvalue weighted by atomic mass is 35.5. The smallest absolute Gasteiger partial charge is 0.270 e. The first-order chi connectivity index (χ1) is 12.7. The van der Waals surface area contributed by atoms with E-state index < -0.39 is 0 Å². The van der Waals surface area contributed by atoms with Gasteiger partial charge in [-0.05, 0) is 47.2 Å². The van der Waals surface area contributed by atoms with E-state index in [2.05, 4.69) is 37.1 Å². The molecule has 2 N–H and O–H groups in total. The number of carbonyl (C=O) groups is 1.